The fourth-order valence-electron chi connectivity index (χ4n) is 3.34. The van der Waals surface area contributed by atoms with Gasteiger partial charge in [0, 0.05) is 12.6 Å². The number of hydrogen-bond donors (Lipinski definition) is 1. The predicted octanol–water partition coefficient (Wildman–Crippen LogP) is 3.41. The summed E-state index contributed by atoms with van der Waals surface area (Å²) in [6, 6.07) is 9.36. The van der Waals surface area contributed by atoms with Crippen LogP contribution in [0.1, 0.15) is 65.4 Å². The van der Waals surface area contributed by atoms with Gasteiger partial charge in [0.1, 0.15) is 0 Å². The Labute approximate surface area is 141 Å². The van der Waals surface area contributed by atoms with Crippen molar-refractivity contribution in [3.05, 3.63) is 29.8 Å². The lowest BCUT2D eigenvalue weighted by molar-refractivity contribution is 0.00578. The van der Waals surface area contributed by atoms with Crippen LogP contribution in [0.4, 0.5) is 0 Å². The third kappa shape index (κ3) is 3.81. The summed E-state index contributed by atoms with van der Waals surface area (Å²) in [5, 5.41) is 3.69. The zero-order valence-electron chi connectivity index (χ0n) is 15.0. The van der Waals surface area contributed by atoms with Crippen LogP contribution in [0.2, 0.25) is 0 Å². The lowest BCUT2D eigenvalue weighted by atomic mass is 9.79. The number of benzene rings is 1. The summed E-state index contributed by atoms with van der Waals surface area (Å²) in [6.45, 7) is 9.32. The molecule has 1 aliphatic heterocycles. The lowest BCUT2D eigenvalue weighted by Crippen LogP contribution is -2.41. The maximum atomic E-state index is 6.11. The minimum absolute atomic E-state index is 0.264. The molecule has 126 valence electrons. The fraction of sp³-hybridized carbons (Fsp3) is 0.684. The van der Waals surface area contributed by atoms with Gasteiger partial charge in [0.05, 0.1) is 11.2 Å². The maximum Gasteiger partial charge on any atom is 0.494 e. The van der Waals surface area contributed by atoms with E-state index < -0.39 is 0 Å². The monoisotopic (exact) mass is 315 g/mol. The van der Waals surface area contributed by atoms with Crippen molar-refractivity contribution in [3.8, 4) is 0 Å². The molecule has 2 aliphatic rings. The molecule has 1 heterocycles. The minimum Gasteiger partial charge on any atom is -0.399 e. The van der Waals surface area contributed by atoms with E-state index in [1.54, 1.807) is 0 Å². The molecule has 1 aliphatic carbocycles. The molecule has 0 spiro atoms. The van der Waals surface area contributed by atoms with E-state index in [1.165, 1.54) is 37.7 Å². The van der Waals surface area contributed by atoms with Crippen molar-refractivity contribution in [1.82, 2.24) is 5.32 Å². The molecule has 0 atom stereocenters. The molecule has 2 fully saturated rings. The highest BCUT2D eigenvalue weighted by Crippen LogP contribution is 2.36. The second kappa shape index (κ2) is 6.58. The number of rotatable bonds is 4. The van der Waals surface area contributed by atoms with E-state index in [1.807, 2.05) is 0 Å². The molecule has 1 N–H and O–H groups in total. The van der Waals surface area contributed by atoms with Crippen LogP contribution < -0.4 is 10.8 Å². The first-order valence-corrected chi connectivity index (χ1v) is 9.05. The first-order chi connectivity index (χ1) is 10.9. The highest BCUT2D eigenvalue weighted by molar-refractivity contribution is 6.62. The summed E-state index contributed by atoms with van der Waals surface area (Å²) in [5.41, 5.74) is 1.87. The van der Waals surface area contributed by atoms with Gasteiger partial charge in [0.25, 0.3) is 0 Å². The van der Waals surface area contributed by atoms with Gasteiger partial charge in [0.2, 0.25) is 0 Å². The first kappa shape index (κ1) is 17.0. The Hall–Kier alpha value is -0.835. The smallest absolute Gasteiger partial charge is 0.399 e. The Morgan fingerprint density at radius 3 is 2.09 bits per heavy atom. The number of nitrogens with one attached hydrogen (secondary N) is 1. The van der Waals surface area contributed by atoms with E-state index in [0.29, 0.717) is 6.04 Å². The summed E-state index contributed by atoms with van der Waals surface area (Å²) in [5.74, 6) is 0. The van der Waals surface area contributed by atoms with Gasteiger partial charge in [-0.3, -0.25) is 0 Å². The summed E-state index contributed by atoms with van der Waals surface area (Å²) in [7, 11) is -0.264. The van der Waals surface area contributed by atoms with E-state index in [9.17, 15) is 0 Å². The quantitative estimate of drug-likeness (QED) is 0.864. The van der Waals surface area contributed by atoms with Gasteiger partial charge in [-0.15, -0.1) is 0 Å². The zero-order chi connectivity index (χ0) is 16.5. The average Bonchev–Trinajstić information content (AvgIpc) is 2.75. The van der Waals surface area contributed by atoms with Crippen molar-refractivity contribution >= 4 is 12.6 Å². The molecule has 0 radical (unpaired) electrons. The molecule has 0 unspecified atom stereocenters. The number of hydrogen-bond acceptors (Lipinski definition) is 3. The molecule has 0 aromatic heterocycles. The van der Waals surface area contributed by atoms with Crippen molar-refractivity contribution in [2.24, 2.45) is 0 Å². The summed E-state index contributed by atoms with van der Waals surface area (Å²) in [6.07, 6.45) is 6.80. The van der Waals surface area contributed by atoms with Crippen molar-refractivity contribution in [1.29, 1.82) is 0 Å². The van der Waals surface area contributed by atoms with E-state index in [4.69, 9.17) is 9.31 Å². The second-order valence-electron chi connectivity index (χ2n) is 8.05. The van der Waals surface area contributed by atoms with Crippen LogP contribution in [-0.2, 0) is 15.9 Å². The Morgan fingerprint density at radius 1 is 0.957 bits per heavy atom. The Kier molecular flexibility index (Phi) is 4.86. The lowest BCUT2D eigenvalue weighted by Gasteiger charge is -2.32. The van der Waals surface area contributed by atoms with E-state index in [0.717, 1.165) is 12.0 Å². The van der Waals surface area contributed by atoms with Gasteiger partial charge in [-0.1, -0.05) is 43.5 Å². The van der Waals surface area contributed by atoms with Crippen LogP contribution in [-0.4, -0.2) is 24.4 Å². The van der Waals surface area contributed by atoms with Gasteiger partial charge in [0.15, 0.2) is 0 Å². The molecule has 1 saturated heterocycles. The molecule has 0 amide bonds. The zero-order valence-corrected chi connectivity index (χ0v) is 15.0. The van der Waals surface area contributed by atoms with Gasteiger partial charge < -0.3 is 14.6 Å². The van der Waals surface area contributed by atoms with Crippen molar-refractivity contribution in [2.75, 3.05) is 0 Å². The summed E-state index contributed by atoms with van der Waals surface area (Å²) < 4.78 is 12.2. The third-order valence-corrected chi connectivity index (χ3v) is 5.71. The second-order valence-corrected chi connectivity index (χ2v) is 8.05. The topological polar surface area (TPSA) is 30.5 Å². The Balaban J connectivity index is 1.57. The molecular weight excluding hydrogens is 285 g/mol. The molecule has 23 heavy (non-hydrogen) atoms. The van der Waals surface area contributed by atoms with Crippen molar-refractivity contribution < 1.29 is 9.31 Å². The van der Waals surface area contributed by atoms with Crippen molar-refractivity contribution in [2.45, 2.75) is 83.6 Å². The fourth-order valence-corrected chi connectivity index (χ4v) is 3.34. The molecule has 4 heteroatoms. The molecule has 3 nitrogen and oxygen atoms in total. The molecule has 1 aromatic carbocycles. The summed E-state index contributed by atoms with van der Waals surface area (Å²) >= 11 is 0. The van der Waals surface area contributed by atoms with Crippen molar-refractivity contribution in [3.63, 3.8) is 0 Å². The normalized spacial score (nSPS) is 24.1. The van der Waals surface area contributed by atoms with Gasteiger partial charge >= 0.3 is 7.12 Å². The Morgan fingerprint density at radius 2 is 1.52 bits per heavy atom. The molecule has 3 rings (SSSR count). The summed E-state index contributed by atoms with van der Waals surface area (Å²) in [4.78, 5) is 0. The van der Waals surface area contributed by atoms with Crippen LogP contribution in [0.25, 0.3) is 0 Å². The highest BCUT2D eigenvalue weighted by atomic mass is 16.7. The van der Waals surface area contributed by atoms with Gasteiger partial charge in [-0.25, -0.2) is 0 Å². The molecule has 1 aromatic rings. The predicted molar refractivity (Wildman–Crippen MR) is 95.9 cm³/mol. The maximum absolute atomic E-state index is 6.11. The van der Waals surface area contributed by atoms with E-state index >= 15 is 0 Å². The van der Waals surface area contributed by atoms with Crippen LogP contribution in [0.3, 0.4) is 0 Å². The van der Waals surface area contributed by atoms with Crippen LogP contribution in [0.15, 0.2) is 24.3 Å². The molecule has 1 saturated carbocycles. The van der Waals surface area contributed by atoms with E-state index in [2.05, 4.69) is 57.3 Å². The third-order valence-electron chi connectivity index (χ3n) is 5.71. The average molecular weight is 315 g/mol. The largest absolute Gasteiger partial charge is 0.494 e. The Bertz CT molecular complexity index is 505. The van der Waals surface area contributed by atoms with Gasteiger partial charge in [-0.2, -0.15) is 0 Å². The highest BCUT2D eigenvalue weighted by Gasteiger charge is 2.51. The SMILES string of the molecule is CC1(C)OB(c2ccc(CNC3CCCCC3)cc2)OC1(C)C. The minimum atomic E-state index is -0.279. The molecule has 0 bridgehead atoms. The standard InChI is InChI=1S/C19H30BNO2/c1-18(2)19(3,4)23-20(22-18)16-12-10-15(11-13-16)14-21-17-8-6-5-7-9-17/h10-13,17,21H,5-9,14H2,1-4H3. The van der Waals surface area contributed by atoms with E-state index in [-0.39, 0.29) is 18.3 Å². The van der Waals surface area contributed by atoms with Crippen LogP contribution in [0, 0.1) is 0 Å². The van der Waals surface area contributed by atoms with Gasteiger partial charge in [-0.05, 0) is 51.6 Å². The molecular formula is C19H30BNO2. The first-order valence-electron chi connectivity index (χ1n) is 9.05. The van der Waals surface area contributed by atoms with Crippen LogP contribution in [0.5, 0.6) is 0 Å². The van der Waals surface area contributed by atoms with Crippen LogP contribution >= 0.6 is 0 Å².